The van der Waals surface area contributed by atoms with Gasteiger partial charge in [-0.05, 0) is 36.5 Å². The zero-order valence-electron chi connectivity index (χ0n) is 13.1. The van der Waals surface area contributed by atoms with Crippen molar-refractivity contribution in [3.8, 4) is 0 Å². The summed E-state index contributed by atoms with van der Waals surface area (Å²) in [5, 5.41) is 3.87. The van der Waals surface area contributed by atoms with E-state index in [4.69, 9.17) is 27.9 Å². The molecule has 0 unspecified atom stereocenters. The maximum absolute atomic E-state index is 11.9. The molecule has 0 radical (unpaired) electrons. The van der Waals surface area contributed by atoms with Gasteiger partial charge in [0.05, 0.1) is 6.42 Å². The standard InChI is InChI=1S/C17H21Cl2NO3/c1-11-4-2-3-5-15(11)20-16(21)10-23-17(22)8-12-6-7-13(18)9-14(12)19/h6-7,9,11,15H,2-5,8,10H2,1H3,(H,20,21)/t11-,15+/m0/s1. The molecule has 1 aromatic rings. The van der Waals surface area contributed by atoms with Crippen molar-refractivity contribution in [2.75, 3.05) is 6.61 Å². The number of hydrogen-bond donors (Lipinski definition) is 1. The summed E-state index contributed by atoms with van der Waals surface area (Å²) in [6.45, 7) is 1.88. The number of carbonyl (C=O) groups is 2. The lowest BCUT2D eigenvalue weighted by Crippen LogP contribution is -2.42. The van der Waals surface area contributed by atoms with Crippen LogP contribution in [0.25, 0.3) is 0 Å². The first-order valence-corrected chi connectivity index (χ1v) is 8.60. The molecule has 0 aliphatic heterocycles. The molecule has 126 valence electrons. The van der Waals surface area contributed by atoms with Gasteiger partial charge in [0.1, 0.15) is 0 Å². The second-order valence-electron chi connectivity index (χ2n) is 6.01. The molecule has 23 heavy (non-hydrogen) atoms. The quantitative estimate of drug-likeness (QED) is 0.815. The fourth-order valence-electron chi connectivity index (χ4n) is 2.80. The van der Waals surface area contributed by atoms with E-state index >= 15 is 0 Å². The van der Waals surface area contributed by atoms with Crippen LogP contribution in [0, 0.1) is 5.92 Å². The van der Waals surface area contributed by atoms with Crippen LogP contribution < -0.4 is 5.32 Å². The Morgan fingerprint density at radius 1 is 1.26 bits per heavy atom. The van der Waals surface area contributed by atoms with Crippen molar-refractivity contribution in [1.82, 2.24) is 5.32 Å². The molecule has 1 fully saturated rings. The van der Waals surface area contributed by atoms with Gasteiger partial charge in [0.15, 0.2) is 6.61 Å². The summed E-state index contributed by atoms with van der Waals surface area (Å²) in [5.74, 6) is -0.267. The smallest absolute Gasteiger partial charge is 0.310 e. The van der Waals surface area contributed by atoms with Crippen molar-refractivity contribution in [3.63, 3.8) is 0 Å². The Kier molecular flexibility index (Phi) is 6.72. The monoisotopic (exact) mass is 357 g/mol. The number of benzene rings is 1. The van der Waals surface area contributed by atoms with Crippen molar-refractivity contribution in [2.45, 2.75) is 45.1 Å². The SMILES string of the molecule is C[C@H]1CCCC[C@H]1NC(=O)COC(=O)Cc1ccc(Cl)cc1Cl. The minimum absolute atomic E-state index is 0.0170. The molecule has 1 amide bonds. The molecule has 1 saturated carbocycles. The number of esters is 1. The largest absolute Gasteiger partial charge is 0.455 e. The zero-order valence-corrected chi connectivity index (χ0v) is 14.6. The summed E-state index contributed by atoms with van der Waals surface area (Å²) in [7, 11) is 0. The maximum atomic E-state index is 11.9. The molecule has 4 nitrogen and oxygen atoms in total. The molecule has 0 spiro atoms. The van der Waals surface area contributed by atoms with E-state index in [2.05, 4.69) is 12.2 Å². The third-order valence-electron chi connectivity index (χ3n) is 4.17. The Hall–Kier alpha value is -1.26. The highest BCUT2D eigenvalue weighted by Crippen LogP contribution is 2.24. The topological polar surface area (TPSA) is 55.4 Å². The van der Waals surface area contributed by atoms with Crippen molar-refractivity contribution in [2.24, 2.45) is 5.92 Å². The second-order valence-corrected chi connectivity index (χ2v) is 6.85. The van der Waals surface area contributed by atoms with Gasteiger partial charge in [-0.1, -0.05) is 49.0 Å². The highest BCUT2D eigenvalue weighted by atomic mass is 35.5. The minimum atomic E-state index is -0.485. The van der Waals surface area contributed by atoms with Gasteiger partial charge in [-0.2, -0.15) is 0 Å². The van der Waals surface area contributed by atoms with Crippen molar-refractivity contribution in [3.05, 3.63) is 33.8 Å². The van der Waals surface area contributed by atoms with Crippen molar-refractivity contribution in [1.29, 1.82) is 0 Å². The van der Waals surface area contributed by atoms with Gasteiger partial charge in [-0.25, -0.2) is 0 Å². The third-order valence-corrected chi connectivity index (χ3v) is 4.76. The van der Waals surface area contributed by atoms with Gasteiger partial charge in [-0.15, -0.1) is 0 Å². The van der Waals surface area contributed by atoms with Gasteiger partial charge in [0.2, 0.25) is 0 Å². The molecule has 0 aromatic heterocycles. The van der Waals surface area contributed by atoms with Gasteiger partial charge in [0.25, 0.3) is 5.91 Å². The molecule has 2 rings (SSSR count). The lowest BCUT2D eigenvalue weighted by Gasteiger charge is -2.29. The summed E-state index contributed by atoms with van der Waals surface area (Å²) < 4.78 is 5.03. The molecule has 1 aliphatic carbocycles. The Morgan fingerprint density at radius 2 is 2.00 bits per heavy atom. The first-order chi connectivity index (χ1) is 11.0. The van der Waals surface area contributed by atoms with E-state index in [1.54, 1.807) is 18.2 Å². The molecule has 6 heteroatoms. The normalized spacial score (nSPS) is 20.8. The van der Waals surface area contributed by atoms with Crippen LogP contribution in [0.1, 0.15) is 38.2 Å². The van der Waals surface area contributed by atoms with E-state index in [0.29, 0.717) is 21.5 Å². The summed E-state index contributed by atoms with van der Waals surface area (Å²) in [6, 6.07) is 5.09. The van der Waals surface area contributed by atoms with Crippen molar-refractivity contribution >= 4 is 35.1 Å². The first kappa shape index (κ1) is 18.1. The number of ether oxygens (including phenoxy) is 1. The molecule has 2 atom stereocenters. The number of halogens is 2. The number of carbonyl (C=O) groups excluding carboxylic acids is 2. The summed E-state index contributed by atoms with van der Waals surface area (Å²) in [4.78, 5) is 23.7. The molecule has 1 aromatic carbocycles. The van der Waals surface area contributed by atoms with Crippen LogP contribution in [0.15, 0.2) is 18.2 Å². The Morgan fingerprint density at radius 3 is 2.70 bits per heavy atom. The second kappa shape index (κ2) is 8.55. The van der Waals surface area contributed by atoms with E-state index in [-0.39, 0.29) is 25.0 Å². The Labute approximate surface area is 146 Å². The van der Waals surface area contributed by atoms with Gasteiger partial charge in [0, 0.05) is 16.1 Å². The molecular weight excluding hydrogens is 337 g/mol. The van der Waals surface area contributed by atoms with E-state index in [9.17, 15) is 9.59 Å². The summed E-state index contributed by atoms with van der Waals surface area (Å²) in [5.41, 5.74) is 0.627. The van der Waals surface area contributed by atoms with Gasteiger partial charge in [-0.3, -0.25) is 9.59 Å². The van der Waals surface area contributed by atoms with E-state index < -0.39 is 5.97 Å². The van der Waals surface area contributed by atoms with E-state index in [0.717, 1.165) is 19.3 Å². The van der Waals surface area contributed by atoms with Crippen LogP contribution in [-0.4, -0.2) is 24.5 Å². The average molecular weight is 358 g/mol. The van der Waals surface area contributed by atoms with E-state index in [1.165, 1.54) is 6.42 Å². The number of nitrogens with one attached hydrogen (secondary N) is 1. The van der Waals surface area contributed by atoms with Crippen LogP contribution >= 0.6 is 23.2 Å². The molecule has 0 bridgehead atoms. The summed E-state index contributed by atoms with van der Waals surface area (Å²) in [6.07, 6.45) is 4.47. The Balaban J connectivity index is 1.76. The maximum Gasteiger partial charge on any atom is 0.310 e. The predicted molar refractivity (Wildman–Crippen MR) is 90.7 cm³/mol. The van der Waals surface area contributed by atoms with Crippen molar-refractivity contribution < 1.29 is 14.3 Å². The molecule has 1 aliphatic rings. The molecule has 0 heterocycles. The fraction of sp³-hybridized carbons (Fsp3) is 0.529. The van der Waals surface area contributed by atoms with Crippen LogP contribution in [0.2, 0.25) is 10.0 Å². The zero-order chi connectivity index (χ0) is 16.8. The lowest BCUT2D eigenvalue weighted by molar-refractivity contribution is -0.148. The highest BCUT2D eigenvalue weighted by molar-refractivity contribution is 6.35. The Bertz CT molecular complexity index is 577. The fourth-order valence-corrected chi connectivity index (χ4v) is 3.27. The van der Waals surface area contributed by atoms with Crippen LogP contribution in [-0.2, 0) is 20.7 Å². The summed E-state index contributed by atoms with van der Waals surface area (Å²) >= 11 is 11.8. The van der Waals surface area contributed by atoms with Crippen LogP contribution in [0.5, 0.6) is 0 Å². The minimum Gasteiger partial charge on any atom is -0.455 e. The van der Waals surface area contributed by atoms with Gasteiger partial charge >= 0.3 is 5.97 Å². The van der Waals surface area contributed by atoms with E-state index in [1.807, 2.05) is 0 Å². The third kappa shape index (κ3) is 5.70. The van der Waals surface area contributed by atoms with Crippen LogP contribution in [0.3, 0.4) is 0 Å². The average Bonchev–Trinajstić information content (AvgIpc) is 2.50. The number of hydrogen-bond acceptors (Lipinski definition) is 3. The molecule has 0 saturated heterocycles. The number of rotatable bonds is 5. The molecular formula is C17H21Cl2NO3. The molecule has 1 N–H and O–H groups in total. The highest BCUT2D eigenvalue weighted by Gasteiger charge is 2.23. The van der Waals surface area contributed by atoms with Crippen LogP contribution in [0.4, 0.5) is 0 Å². The lowest BCUT2D eigenvalue weighted by atomic mass is 9.86. The first-order valence-electron chi connectivity index (χ1n) is 7.84. The number of amides is 1. The predicted octanol–water partition coefficient (Wildman–Crippen LogP) is 3.77. The van der Waals surface area contributed by atoms with Gasteiger partial charge < -0.3 is 10.1 Å².